The van der Waals surface area contributed by atoms with Gasteiger partial charge in [0, 0.05) is 12.0 Å². The van der Waals surface area contributed by atoms with E-state index in [1.807, 2.05) is 0 Å². The van der Waals surface area contributed by atoms with Crippen LogP contribution in [0.3, 0.4) is 0 Å². The van der Waals surface area contributed by atoms with E-state index in [-0.39, 0.29) is 11.4 Å². The second kappa shape index (κ2) is 3.90. The molecule has 3 N–H and O–H groups in total. The van der Waals surface area contributed by atoms with Crippen LogP contribution in [0.2, 0.25) is 0 Å². The van der Waals surface area contributed by atoms with Crippen LogP contribution in [0.5, 0.6) is 0 Å². The van der Waals surface area contributed by atoms with Crippen molar-refractivity contribution in [3.63, 3.8) is 0 Å². The van der Waals surface area contributed by atoms with Crippen LogP contribution in [0.4, 0.5) is 0 Å². The lowest BCUT2D eigenvalue weighted by atomic mass is 9.74. The average molecular weight is 170 g/mol. The molecule has 0 atom stereocenters. The molecule has 0 aromatic carbocycles. The first-order valence-electron chi connectivity index (χ1n) is 4.72. The first-order valence-corrected chi connectivity index (χ1v) is 4.72. The quantitative estimate of drug-likeness (QED) is 0.640. The van der Waals surface area contributed by atoms with Gasteiger partial charge in [0.1, 0.15) is 0 Å². The van der Waals surface area contributed by atoms with Crippen molar-refractivity contribution < 1.29 is 4.79 Å². The summed E-state index contributed by atoms with van der Waals surface area (Å²) in [5.41, 5.74) is 5.25. The number of hydrogen-bond acceptors (Lipinski definition) is 2. The minimum atomic E-state index is -0.182. The molecule has 1 amide bonds. The fraction of sp³-hybridized carbons (Fsp3) is 0.889. The maximum Gasteiger partial charge on any atom is 0.219 e. The van der Waals surface area contributed by atoms with E-state index in [4.69, 9.17) is 5.73 Å². The van der Waals surface area contributed by atoms with E-state index in [0.717, 1.165) is 25.8 Å². The minimum absolute atomic E-state index is 0.0713. The monoisotopic (exact) mass is 170 g/mol. The van der Waals surface area contributed by atoms with Gasteiger partial charge >= 0.3 is 0 Å². The van der Waals surface area contributed by atoms with Gasteiger partial charge in [0.25, 0.3) is 0 Å². The van der Waals surface area contributed by atoms with Crippen molar-refractivity contribution in [2.24, 2.45) is 5.73 Å². The van der Waals surface area contributed by atoms with Crippen LogP contribution in [-0.4, -0.2) is 18.0 Å². The Labute approximate surface area is 73.7 Å². The number of amides is 1. The van der Waals surface area contributed by atoms with Crippen LogP contribution in [-0.2, 0) is 4.79 Å². The number of nitrogens with one attached hydrogen (secondary N) is 1. The Morgan fingerprint density at radius 1 is 1.58 bits per heavy atom. The Kier molecular flexibility index (Phi) is 3.09. The molecular weight excluding hydrogens is 152 g/mol. The van der Waals surface area contributed by atoms with E-state index >= 15 is 0 Å². The van der Waals surface area contributed by atoms with Crippen molar-refractivity contribution in [3.05, 3.63) is 0 Å². The molecule has 1 fully saturated rings. The normalized spacial score (nSPS) is 20.1. The molecule has 70 valence electrons. The summed E-state index contributed by atoms with van der Waals surface area (Å²) in [4.78, 5) is 10.8. The van der Waals surface area contributed by atoms with Crippen LogP contribution in [0, 0.1) is 0 Å². The molecule has 1 aliphatic rings. The van der Waals surface area contributed by atoms with Gasteiger partial charge in [-0.05, 0) is 32.2 Å². The number of nitrogens with two attached hydrogens (primary N) is 1. The smallest absolute Gasteiger partial charge is 0.219 e. The Balaban J connectivity index is 2.34. The molecule has 3 heteroatoms. The standard InChI is InChI=1S/C9H18N2O/c1-2-6-11-9(4-3-5-9)7-8(10)12/h11H,2-7H2,1H3,(H2,10,12). The van der Waals surface area contributed by atoms with Crippen LogP contribution < -0.4 is 11.1 Å². The molecule has 12 heavy (non-hydrogen) atoms. The molecule has 0 aromatic rings. The topological polar surface area (TPSA) is 55.1 Å². The number of primary amides is 1. The van der Waals surface area contributed by atoms with Gasteiger partial charge in [-0.3, -0.25) is 4.79 Å². The van der Waals surface area contributed by atoms with E-state index in [9.17, 15) is 4.79 Å². The van der Waals surface area contributed by atoms with E-state index in [1.165, 1.54) is 6.42 Å². The molecule has 0 heterocycles. The molecule has 0 aliphatic heterocycles. The number of carbonyl (C=O) groups is 1. The predicted molar refractivity (Wildman–Crippen MR) is 48.7 cm³/mol. The number of hydrogen-bond donors (Lipinski definition) is 2. The summed E-state index contributed by atoms with van der Waals surface area (Å²) in [6, 6.07) is 0. The van der Waals surface area contributed by atoms with Crippen molar-refractivity contribution in [1.29, 1.82) is 0 Å². The highest BCUT2D eigenvalue weighted by atomic mass is 16.1. The van der Waals surface area contributed by atoms with Crippen LogP contribution in [0.1, 0.15) is 39.0 Å². The predicted octanol–water partition coefficient (Wildman–Crippen LogP) is 0.784. The van der Waals surface area contributed by atoms with Crippen molar-refractivity contribution in [2.75, 3.05) is 6.54 Å². The summed E-state index contributed by atoms with van der Waals surface area (Å²) in [5, 5.41) is 3.41. The van der Waals surface area contributed by atoms with Crippen molar-refractivity contribution in [2.45, 2.75) is 44.6 Å². The van der Waals surface area contributed by atoms with Crippen LogP contribution >= 0.6 is 0 Å². The SMILES string of the molecule is CCCNC1(CC(N)=O)CCC1. The fourth-order valence-electron chi connectivity index (χ4n) is 1.74. The maximum atomic E-state index is 10.8. The highest BCUT2D eigenvalue weighted by Gasteiger charge is 2.37. The molecule has 0 radical (unpaired) electrons. The zero-order valence-electron chi connectivity index (χ0n) is 7.73. The Bertz CT molecular complexity index is 164. The molecule has 0 saturated heterocycles. The summed E-state index contributed by atoms with van der Waals surface area (Å²) < 4.78 is 0. The van der Waals surface area contributed by atoms with Gasteiger partial charge in [-0.2, -0.15) is 0 Å². The molecule has 1 saturated carbocycles. The van der Waals surface area contributed by atoms with Crippen molar-refractivity contribution in [3.8, 4) is 0 Å². The van der Waals surface area contributed by atoms with Gasteiger partial charge in [0.2, 0.25) is 5.91 Å². The second-order valence-electron chi connectivity index (χ2n) is 3.70. The number of rotatable bonds is 5. The Morgan fingerprint density at radius 2 is 2.25 bits per heavy atom. The van der Waals surface area contributed by atoms with Gasteiger partial charge in [-0.25, -0.2) is 0 Å². The first-order chi connectivity index (χ1) is 5.68. The van der Waals surface area contributed by atoms with Gasteiger partial charge in [0.15, 0.2) is 0 Å². The van der Waals surface area contributed by atoms with Gasteiger partial charge in [-0.1, -0.05) is 6.92 Å². The molecule has 1 rings (SSSR count). The molecule has 0 bridgehead atoms. The minimum Gasteiger partial charge on any atom is -0.370 e. The third-order valence-corrected chi connectivity index (χ3v) is 2.57. The summed E-state index contributed by atoms with van der Waals surface area (Å²) in [5.74, 6) is -0.182. The van der Waals surface area contributed by atoms with Crippen molar-refractivity contribution in [1.82, 2.24) is 5.32 Å². The van der Waals surface area contributed by atoms with Crippen LogP contribution in [0.25, 0.3) is 0 Å². The third-order valence-electron chi connectivity index (χ3n) is 2.57. The largest absolute Gasteiger partial charge is 0.370 e. The summed E-state index contributed by atoms with van der Waals surface area (Å²) in [7, 11) is 0. The lowest BCUT2D eigenvalue weighted by Gasteiger charge is -2.42. The molecule has 0 aromatic heterocycles. The average Bonchev–Trinajstić information content (AvgIpc) is 1.94. The maximum absolute atomic E-state index is 10.8. The summed E-state index contributed by atoms with van der Waals surface area (Å²) in [6.45, 7) is 3.12. The van der Waals surface area contributed by atoms with Crippen molar-refractivity contribution >= 4 is 5.91 Å². The van der Waals surface area contributed by atoms with Gasteiger partial charge in [-0.15, -0.1) is 0 Å². The Hall–Kier alpha value is -0.570. The number of carbonyl (C=O) groups excluding carboxylic acids is 1. The zero-order chi connectivity index (χ0) is 9.03. The van der Waals surface area contributed by atoms with Gasteiger partial charge in [0.05, 0.1) is 0 Å². The fourth-order valence-corrected chi connectivity index (χ4v) is 1.74. The van der Waals surface area contributed by atoms with Crippen LogP contribution in [0.15, 0.2) is 0 Å². The van der Waals surface area contributed by atoms with E-state index in [1.54, 1.807) is 0 Å². The third kappa shape index (κ3) is 2.21. The molecular formula is C9H18N2O. The lowest BCUT2D eigenvalue weighted by Crippen LogP contribution is -2.53. The summed E-state index contributed by atoms with van der Waals surface area (Å²) >= 11 is 0. The molecule has 0 unspecified atom stereocenters. The van der Waals surface area contributed by atoms with E-state index in [0.29, 0.717) is 6.42 Å². The lowest BCUT2D eigenvalue weighted by molar-refractivity contribution is -0.120. The Morgan fingerprint density at radius 3 is 2.58 bits per heavy atom. The molecule has 1 aliphatic carbocycles. The van der Waals surface area contributed by atoms with E-state index < -0.39 is 0 Å². The van der Waals surface area contributed by atoms with Gasteiger partial charge < -0.3 is 11.1 Å². The highest BCUT2D eigenvalue weighted by molar-refractivity contribution is 5.75. The molecule has 3 nitrogen and oxygen atoms in total. The summed E-state index contributed by atoms with van der Waals surface area (Å²) in [6.07, 6.45) is 5.06. The second-order valence-corrected chi connectivity index (χ2v) is 3.70. The van der Waals surface area contributed by atoms with E-state index in [2.05, 4.69) is 12.2 Å². The zero-order valence-corrected chi connectivity index (χ0v) is 7.73. The molecule has 0 spiro atoms. The highest BCUT2D eigenvalue weighted by Crippen LogP contribution is 2.34. The first kappa shape index (κ1) is 9.52.